The molecule has 3 nitrogen and oxygen atoms in total. The van der Waals surface area contributed by atoms with Crippen molar-refractivity contribution in [2.45, 2.75) is 39.5 Å². The van der Waals surface area contributed by atoms with E-state index in [9.17, 15) is 4.79 Å². The summed E-state index contributed by atoms with van der Waals surface area (Å²) >= 11 is 0. The van der Waals surface area contributed by atoms with Crippen LogP contribution >= 0.6 is 0 Å². The van der Waals surface area contributed by atoms with E-state index in [1.807, 2.05) is 24.7 Å². The first-order chi connectivity index (χ1) is 6.34. The van der Waals surface area contributed by atoms with Crippen molar-refractivity contribution in [1.29, 1.82) is 0 Å². The van der Waals surface area contributed by atoms with Gasteiger partial charge in [0.1, 0.15) is 11.6 Å². The second kappa shape index (κ2) is 3.56. The van der Waals surface area contributed by atoms with Gasteiger partial charge in [0.25, 0.3) is 0 Å². The molecule has 78 valence electrons. The number of hydrogen-bond acceptors (Lipinski definition) is 2. The van der Waals surface area contributed by atoms with Gasteiger partial charge in [-0.2, -0.15) is 0 Å². The number of aromatic nitrogens is 2. The van der Waals surface area contributed by atoms with E-state index in [0.717, 1.165) is 11.5 Å². The Morgan fingerprint density at radius 1 is 1.57 bits per heavy atom. The minimum atomic E-state index is -0.123. The van der Waals surface area contributed by atoms with Crippen molar-refractivity contribution in [1.82, 2.24) is 9.55 Å². The van der Waals surface area contributed by atoms with Gasteiger partial charge in [-0.3, -0.25) is 4.79 Å². The molecule has 0 aliphatic heterocycles. The van der Waals surface area contributed by atoms with Gasteiger partial charge in [0.15, 0.2) is 0 Å². The summed E-state index contributed by atoms with van der Waals surface area (Å²) in [7, 11) is 1.99. The lowest BCUT2D eigenvalue weighted by Gasteiger charge is -2.23. The molecule has 0 saturated heterocycles. The molecule has 0 fully saturated rings. The summed E-state index contributed by atoms with van der Waals surface area (Å²) in [5, 5.41) is 0. The maximum atomic E-state index is 11.1. The van der Waals surface area contributed by atoms with Gasteiger partial charge in [0.05, 0.1) is 0 Å². The van der Waals surface area contributed by atoms with E-state index in [-0.39, 0.29) is 11.2 Å². The fourth-order valence-corrected chi connectivity index (χ4v) is 1.84. The molecule has 0 saturated carbocycles. The van der Waals surface area contributed by atoms with Crippen molar-refractivity contribution in [3.05, 3.63) is 17.7 Å². The highest BCUT2D eigenvalue weighted by Crippen LogP contribution is 2.27. The molecular weight excluding hydrogens is 176 g/mol. The Hall–Kier alpha value is -1.12. The first-order valence-electron chi connectivity index (χ1n) is 4.83. The normalized spacial score (nSPS) is 11.8. The monoisotopic (exact) mass is 194 g/mol. The maximum Gasteiger partial charge on any atom is 0.130 e. The van der Waals surface area contributed by atoms with Crippen LogP contribution in [0.5, 0.6) is 0 Å². The molecule has 0 spiro atoms. The van der Waals surface area contributed by atoms with Gasteiger partial charge in [0.2, 0.25) is 0 Å². The highest BCUT2D eigenvalue weighted by Gasteiger charge is 2.26. The highest BCUT2D eigenvalue weighted by molar-refractivity contribution is 5.76. The van der Waals surface area contributed by atoms with Crippen LogP contribution in [0, 0.1) is 6.92 Å². The lowest BCUT2D eigenvalue weighted by atomic mass is 9.84. The van der Waals surface area contributed by atoms with Crippen LogP contribution < -0.4 is 0 Å². The largest absolute Gasteiger partial charge is 0.335 e. The van der Waals surface area contributed by atoms with E-state index >= 15 is 0 Å². The first-order valence-corrected chi connectivity index (χ1v) is 4.83. The lowest BCUT2D eigenvalue weighted by Crippen LogP contribution is -2.23. The number of hydrogen-bond donors (Lipinski definition) is 0. The van der Waals surface area contributed by atoms with Gasteiger partial charge in [-0.05, 0) is 13.8 Å². The van der Waals surface area contributed by atoms with E-state index in [1.165, 1.54) is 0 Å². The molecule has 3 heteroatoms. The van der Waals surface area contributed by atoms with E-state index in [4.69, 9.17) is 0 Å². The van der Waals surface area contributed by atoms with Crippen LogP contribution in [-0.2, 0) is 17.3 Å². The third kappa shape index (κ3) is 2.03. The maximum absolute atomic E-state index is 11.1. The predicted octanol–water partition coefficient (Wildman–Crippen LogP) is 1.99. The molecule has 0 aromatic carbocycles. The number of imidazole rings is 1. The molecule has 14 heavy (non-hydrogen) atoms. The summed E-state index contributed by atoms with van der Waals surface area (Å²) in [4.78, 5) is 15.4. The summed E-state index contributed by atoms with van der Waals surface area (Å²) in [5.41, 5.74) is 0.993. The van der Waals surface area contributed by atoms with Gasteiger partial charge in [-0.1, -0.05) is 13.8 Å². The molecular formula is C11H18N2O. The van der Waals surface area contributed by atoms with E-state index in [1.54, 1.807) is 6.92 Å². The summed E-state index contributed by atoms with van der Waals surface area (Å²) in [6.45, 7) is 7.74. The van der Waals surface area contributed by atoms with E-state index < -0.39 is 0 Å². The number of ketones is 1. The predicted molar refractivity (Wildman–Crippen MR) is 56.3 cm³/mol. The van der Waals surface area contributed by atoms with Crippen LogP contribution in [0.4, 0.5) is 0 Å². The third-order valence-electron chi connectivity index (χ3n) is 2.60. The van der Waals surface area contributed by atoms with Gasteiger partial charge >= 0.3 is 0 Å². The number of rotatable bonds is 3. The first kappa shape index (κ1) is 11.0. The number of nitrogens with zero attached hydrogens (tertiary/aromatic N) is 2. The van der Waals surface area contributed by atoms with Crippen LogP contribution in [0.3, 0.4) is 0 Å². The molecule has 0 bridgehead atoms. The van der Waals surface area contributed by atoms with Crippen molar-refractivity contribution in [3.63, 3.8) is 0 Å². The topological polar surface area (TPSA) is 34.9 Å². The summed E-state index contributed by atoms with van der Waals surface area (Å²) < 4.78 is 2.04. The molecule has 0 unspecified atom stereocenters. The van der Waals surface area contributed by atoms with Crippen LogP contribution in [0.25, 0.3) is 0 Å². The summed E-state index contributed by atoms with van der Waals surface area (Å²) in [6.07, 6.45) is 2.42. The second-order valence-corrected chi connectivity index (χ2v) is 4.51. The fourth-order valence-electron chi connectivity index (χ4n) is 1.84. The molecule has 1 rings (SSSR count). The van der Waals surface area contributed by atoms with Crippen LogP contribution in [0.15, 0.2) is 6.20 Å². The zero-order valence-electron chi connectivity index (χ0n) is 9.59. The molecule has 0 radical (unpaired) electrons. The molecule has 1 heterocycles. The second-order valence-electron chi connectivity index (χ2n) is 4.51. The van der Waals surface area contributed by atoms with Crippen LogP contribution in [-0.4, -0.2) is 15.3 Å². The molecule has 0 atom stereocenters. The molecule has 0 aliphatic carbocycles. The molecule has 0 N–H and O–H groups in total. The Labute approximate surface area is 85.2 Å². The van der Waals surface area contributed by atoms with Crippen LogP contribution in [0.2, 0.25) is 0 Å². The Bertz CT molecular complexity index is 350. The van der Waals surface area contributed by atoms with Gasteiger partial charge in [0, 0.05) is 30.8 Å². The summed E-state index contributed by atoms with van der Waals surface area (Å²) in [5.74, 6) is 1.20. The molecule has 1 aromatic heterocycles. The van der Waals surface area contributed by atoms with Crippen molar-refractivity contribution < 1.29 is 4.79 Å². The number of carbonyl (C=O) groups is 1. The quantitative estimate of drug-likeness (QED) is 0.737. The third-order valence-corrected chi connectivity index (χ3v) is 2.60. The van der Waals surface area contributed by atoms with Crippen molar-refractivity contribution in [2.24, 2.45) is 7.05 Å². The van der Waals surface area contributed by atoms with Crippen molar-refractivity contribution in [2.75, 3.05) is 0 Å². The number of carbonyl (C=O) groups excluding carboxylic acids is 1. The van der Waals surface area contributed by atoms with Crippen LogP contribution in [0.1, 0.15) is 38.7 Å². The number of aryl methyl sites for hydroxylation is 1. The van der Waals surface area contributed by atoms with E-state index in [0.29, 0.717) is 6.42 Å². The van der Waals surface area contributed by atoms with Gasteiger partial charge < -0.3 is 4.57 Å². The standard InChI is InChI=1S/C11H18N2O/c1-8(14)6-11(3,4)10-7-12-9(2)13(10)5/h7H,6H2,1-5H3. The minimum Gasteiger partial charge on any atom is -0.335 e. The fraction of sp³-hybridized carbons (Fsp3) is 0.636. The average molecular weight is 194 g/mol. The highest BCUT2D eigenvalue weighted by atomic mass is 16.1. The number of Topliss-reactive ketones (excluding diaryl/α,β-unsaturated/α-hetero) is 1. The Morgan fingerprint density at radius 2 is 2.14 bits per heavy atom. The Balaban J connectivity index is 3.03. The minimum absolute atomic E-state index is 0.123. The molecule has 1 aromatic rings. The van der Waals surface area contributed by atoms with Crippen molar-refractivity contribution >= 4 is 5.78 Å². The van der Waals surface area contributed by atoms with E-state index in [2.05, 4.69) is 18.8 Å². The summed E-state index contributed by atoms with van der Waals surface area (Å²) in [6, 6.07) is 0. The van der Waals surface area contributed by atoms with Gasteiger partial charge in [-0.25, -0.2) is 4.98 Å². The zero-order valence-corrected chi connectivity index (χ0v) is 9.59. The molecule has 0 aliphatic rings. The Morgan fingerprint density at radius 3 is 2.50 bits per heavy atom. The smallest absolute Gasteiger partial charge is 0.130 e. The molecule has 0 amide bonds. The average Bonchev–Trinajstić information content (AvgIpc) is 2.30. The Kier molecular flexibility index (Phi) is 2.79. The van der Waals surface area contributed by atoms with Gasteiger partial charge in [-0.15, -0.1) is 0 Å². The van der Waals surface area contributed by atoms with Crippen molar-refractivity contribution in [3.8, 4) is 0 Å². The lowest BCUT2D eigenvalue weighted by molar-refractivity contribution is -0.118. The zero-order chi connectivity index (χ0) is 10.9. The SMILES string of the molecule is CC(=O)CC(C)(C)c1cnc(C)n1C.